The van der Waals surface area contributed by atoms with Crippen LogP contribution in [-0.4, -0.2) is 35.9 Å². The summed E-state index contributed by atoms with van der Waals surface area (Å²) in [6.45, 7) is 6.07. The molecule has 0 spiro atoms. The van der Waals surface area contributed by atoms with Gasteiger partial charge < -0.3 is 14.8 Å². The summed E-state index contributed by atoms with van der Waals surface area (Å²) >= 11 is 0. The van der Waals surface area contributed by atoms with E-state index in [9.17, 15) is 9.59 Å². The highest BCUT2D eigenvalue weighted by Gasteiger charge is 2.49. The molecule has 0 bridgehead atoms. The molecule has 2 heterocycles. The predicted octanol–water partition coefficient (Wildman–Crippen LogP) is 3.21. The second-order valence-corrected chi connectivity index (χ2v) is 7.35. The molecule has 150 valence electrons. The number of benzene rings is 2. The Labute approximate surface area is 169 Å². The molecule has 7 nitrogen and oxygen atoms in total. The molecule has 0 unspecified atom stereocenters. The standard InChI is InChI=1S/C22H23N3O4/c1-4-28-18-11-15-10-14(2)29-19(15)12-16(18)13-23-25-20(26)22(3,24-21(25)27)17-8-6-5-7-9-17/h5-9,11-14H,4,10H2,1-3H3,(H,24,27)/b23-13-/t14-,22-/m1/s1. The SMILES string of the molecule is CCOc1cc2c(cc1/C=N\N1C(=O)N[C@](C)(c3ccccc3)C1=O)O[C@H](C)C2. The zero-order valence-corrected chi connectivity index (χ0v) is 16.6. The minimum Gasteiger partial charge on any atom is -0.493 e. The van der Waals surface area contributed by atoms with Gasteiger partial charge in [0.05, 0.1) is 12.8 Å². The van der Waals surface area contributed by atoms with Crippen molar-refractivity contribution in [2.75, 3.05) is 6.61 Å². The molecule has 2 aromatic rings. The molecule has 1 fully saturated rings. The number of imide groups is 1. The highest BCUT2D eigenvalue weighted by molar-refractivity contribution is 6.07. The highest BCUT2D eigenvalue weighted by Crippen LogP contribution is 2.35. The van der Waals surface area contributed by atoms with Crippen molar-refractivity contribution in [1.82, 2.24) is 10.3 Å². The normalized spacial score (nSPS) is 23.3. The smallest absolute Gasteiger partial charge is 0.346 e. The van der Waals surface area contributed by atoms with Gasteiger partial charge in [-0.25, -0.2) is 4.79 Å². The summed E-state index contributed by atoms with van der Waals surface area (Å²) in [5.74, 6) is 0.980. The molecule has 2 aliphatic rings. The maximum atomic E-state index is 13.0. The van der Waals surface area contributed by atoms with Gasteiger partial charge in [0, 0.05) is 17.5 Å². The van der Waals surface area contributed by atoms with E-state index in [2.05, 4.69) is 10.4 Å². The molecule has 4 rings (SSSR count). The number of urea groups is 1. The Morgan fingerprint density at radius 1 is 1.31 bits per heavy atom. The monoisotopic (exact) mass is 393 g/mol. The lowest BCUT2D eigenvalue weighted by Crippen LogP contribution is -2.40. The third kappa shape index (κ3) is 3.33. The third-order valence-electron chi connectivity index (χ3n) is 5.16. The number of hydrogen-bond donors (Lipinski definition) is 1. The Morgan fingerprint density at radius 2 is 2.07 bits per heavy atom. The summed E-state index contributed by atoms with van der Waals surface area (Å²) in [4.78, 5) is 25.4. The maximum Gasteiger partial charge on any atom is 0.346 e. The van der Waals surface area contributed by atoms with Gasteiger partial charge in [0.1, 0.15) is 23.1 Å². The van der Waals surface area contributed by atoms with E-state index in [1.54, 1.807) is 19.1 Å². The fourth-order valence-electron chi connectivity index (χ4n) is 3.65. The lowest BCUT2D eigenvalue weighted by molar-refractivity contribution is -0.131. The van der Waals surface area contributed by atoms with E-state index in [0.717, 1.165) is 22.7 Å². The summed E-state index contributed by atoms with van der Waals surface area (Å²) in [5.41, 5.74) is 1.26. The summed E-state index contributed by atoms with van der Waals surface area (Å²) in [5, 5.41) is 7.77. The summed E-state index contributed by atoms with van der Waals surface area (Å²) in [6.07, 6.45) is 2.38. The van der Waals surface area contributed by atoms with E-state index in [-0.39, 0.29) is 6.10 Å². The Morgan fingerprint density at radius 3 is 2.79 bits per heavy atom. The van der Waals surface area contributed by atoms with Crippen molar-refractivity contribution in [2.24, 2.45) is 5.10 Å². The van der Waals surface area contributed by atoms with Crippen LogP contribution in [0.4, 0.5) is 4.79 Å². The Hall–Kier alpha value is -3.35. The fraction of sp³-hybridized carbons (Fsp3) is 0.318. The minimum atomic E-state index is -1.16. The Bertz CT molecular complexity index is 989. The molecule has 2 aromatic carbocycles. The number of carbonyl (C=O) groups excluding carboxylic acids is 2. The van der Waals surface area contributed by atoms with Crippen LogP contribution in [-0.2, 0) is 16.8 Å². The first kappa shape index (κ1) is 19.0. The molecule has 2 atom stereocenters. The van der Waals surface area contributed by atoms with Crippen LogP contribution < -0.4 is 14.8 Å². The van der Waals surface area contributed by atoms with Gasteiger partial charge in [0.25, 0.3) is 5.91 Å². The number of fused-ring (bicyclic) bond motifs is 1. The second kappa shape index (κ2) is 7.24. The van der Waals surface area contributed by atoms with Crippen molar-refractivity contribution < 1.29 is 19.1 Å². The average molecular weight is 393 g/mol. The highest BCUT2D eigenvalue weighted by atomic mass is 16.5. The van der Waals surface area contributed by atoms with Crippen LogP contribution in [0, 0.1) is 0 Å². The van der Waals surface area contributed by atoms with Crippen LogP contribution >= 0.6 is 0 Å². The molecule has 0 aliphatic carbocycles. The maximum absolute atomic E-state index is 13.0. The van der Waals surface area contributed by atoms with Gasteiger partial charge >= 0.3 is 6.03 Å². The molecule has 29 heavy (non-hydrogen) atoms. The molecular weight excluding hydrogens is 370 g/mol. The fourth-order valence-corrected chi connectivity index (χ4v) is 3.65. The number of nitrogens with one attached hydrogen (secondary N) is 1. The van der Waals surface area contributed by atoms with Gasteiger partial charge in [-0.2, -0.15) is 5.10 Å². The number of nitrogens with zero attached hydrogens (tertiary/aromatic N) is 2. The number of amides is 3. The van der Waals surface area contributed by atoms with Gasteiger partial charge in [-0.05, 0) is 38.5 Å². The van der Waals surface area contributed by atoms with E-state index >= 15 is 0 Å². The first-order chi connectivity index (χ1) is 13.9. The Balaban J connectivity index is 1.63. The summed E-state index contributed by atoms with van der Waals surface area (Å²) in [7, 11) is 0. The quantitative estimate of drug-likeness (QED) is 0.625. The lowest BCUT2D eigenvalue weighted by atomic mass is 9.92. The topological polar surface area (TPSA) is 80.2 Å². The Kier molecular flexibility index (Phi) is 4.74. The van der Waals surface area contributed by atoms with Crippen molar-refractivity contribution in [3.63, 3.8) is 0 Å². The summed E-state index contributed by atoms with van der Waals surface area (Å²) in [6, 6.07) is 12.3. The van der Waals surface area contributed by atoms with Gasteiger partial charge in [-0.15, -0.1) is 5.01 Å². The van der Waals surface area contributed by atoms with E-state index in [1.165, 1.54) is 6.21 Å². The van der Waals surface area contributed by atoms with Gasteiger partial charge in [0.15, 0.2) is 0 Å². The van der Waals surface area contributed by atoms with Gasteiger partial charge in [0.2, 0.25) is 0 Å². The van der Waals surface area contributed by atoms with Crippen molar-refractivity contribution in [2.45, 2.75) is 38.8 Å². The van der Waals surface area contributed by atoms with Crippen molar-refractivity contribution >= 4 is 18.2 Å². The van der Waals surface area contributed by atoms with E-state index in [4.69, 9.17) is 9.47 Å². The lowest BCUT2D eigenvalue weighted by Gasteiger charge is -2.21. The van der Waals surface area contributed by atoms with Gasteiger partial charge in [-0.1, -0.05) is 30.3 Å². The number of rotatable bonds is 5. The first-order valence-electron chi connectivity index (χ1n) is 9.65. The van der Waals surface area contributed by atoms with Gasteiger partial charge in [-0.3, -0.25) is 4.79 Å². The van der Waals surface area contributed by atoms with E-state index in [0.29, 0.717) is 23.5 Å². The number of carbonyl (C=O) groups is 2. The molecular formula is C22H23N3O4. The molecule has 0 saturated carbocycles. The zero-order chi connectivity index (χ0) is 20.6. The van der Waals surface area contributed by atoms with Crippen LogP contribution in [0.15, 0.2) is 47.6 Å². The molecule has 0 radical (unpaired) electrons. The van der Waals surface area contributed by atoms with E-state index < -0.39 is 17.5 Å². The summed E-state index contributed by atoms with van der Waals surface area (Å²) < 4.78 is 11.5. The second-order valence-electron chi connectivity index (χ2n) is 7.35. The first-order valence-corrected chi connectivity index (χ1v) is 9.65. The molecule has 3 amide bonds. The zero-order valence-electron chi connectivity index (χ0n) is 16.6. The van der Waals surface area contributed by atoms with Crippen LogP contribution in [0.5, 0.6) is 11.5 Å². The van der Waals surface area contributed by atoms with Crippen molar-refractivity contribution in [3.8, 4) is 11.5 Å². The van der Waals surface area contributed by atoms with Crippen LogP contribution in [0.3, 0.4) is 0 Å². The van der Waals surface area contributed by atoms with Crippen molar-refractivity contribution in [1.29, 1.82) is 0 Å². The number of ether oxygens (including phenoxy) is 2. The predicted molar refractivity (Wildman–Crippen MR) is 108 cm³/mol. The molecule has 7 heteroatoms. The van der Waals surface area contributed by atoms with Crippen LogP contribution in [0.2, 0.25) is 0 Å². The number of hydrazone groups is 1. The largest absolute Gasteiger partial charge is 0.493 e. The third-order valence-corrected chi connectivity index (χ3v) is 5.16. The molecule has 2 aliphatic heterocycles. The average Bonchev–Trinajstić information content (AvgIpc) is 3.17. The number of hydrogen-bond acceptors (Lipinski definition) is 5. The molecule has 1 N–H and O–H groups in total. The van der Waals surface area contributed by atoms with Crippen molar-refractivity contribution in [3.05, 3.63) is 59.2 Å². The van der Waals surface area contributed by atoms with E-state index in [1.807, 2.05) is 44.2 Å². The minimum absolute atomic E-state index is 0.101. The molecule has 1 saturated heterocycles. The molecule has 0 aromatic heterocycles. The van der Waals surface area contributed by atoms with Crippen LogP contribution in [0.1, 0.15) is 37.5 Å². The van der Waals surface area contributed by atoms with Crippen LogP contribution in [0.25, 0.3) is 0 Å².